The van der Waals surface area contributed by atoms with Crippen LogP contribution in [-0.4, -0.2) is 34.8 Å². The van der Waals surface area contributed by atoms with Crippen LogP contribution >= 0.6 is 11.3 Å². The van der Waals surface area contributed by atoms with Gasteiger partial charge in [-0.15, -0.1) is 0 Å². The van der Waals surface area contributed by atoms with Crippen LogP contribution in [0.3, 0.4) is 0 Å². The summed E-state index contributed by atoms with van der Waals surface area (Å²) in [6.45, 7) is 0. The number of thiazole rings is 1. The number of amides is 1. The molecule has 172 valence electrons. The van der Waals surface area contributed by atoms with E-state index in [4.69, 9.17) is 9.47 Å². The van der Waals surface area contributed by atoms with Gasteiger partial charge in [-0.3, -0.25) is 4.79 Å². The average molecular weight is 489 g/mol. The van der Waals surface area contributed by atoms with E-state index in [-0.39, 0.29) is 23.6 Å². The molecule has 4 rings (SSSR count). The van der Waals surface area contributed by atoms with Crippen molar-refractivity contribution in [2.24, 2.45) is 0 Å². The fourth-order valence-corrected chi connectivity index (χ4v) is 5.13. The van der Waals surface area contributed by atoms with Crippen molar-refractivity contribution in [1.29, 1.82) is 0 Å². The van der Waals surface area contributed by atoms with Gasteiger partial charge < -0.3 is 20.3 Å². The lowest BCUT2D eigenvalue weighted by Crippen LogP contribution is -2.14. The van der Waals surface area contributed by atoms with E-state index in [9.17, 15) is 13.4 Å². The number of hydrogen-bond donors (Lipinski definition) is 1. The maximum atomic E-state index is 13.1. The average Bonchev–Trinajstić information content (AvgIpc) is 3.19. The molecule has 3 aromatic carbocycles. The van der Waals surface area contributed by atoms with E-state index in [0.717, 1.165) is 4.70 Å². The van der Waals surface area contributed by atoms with Crippen molar-refractivity contribution < 1.29 is 28.3 Å². The van der Waals surface area contributed by atoms with E-state index < -0.39 is 10.8 Å². The van der Waals surface area contributed by atoms with Crippen LogP contribution in [0.1, 0.15) is 5.56 Å². The van der Waals surface area contributed by atoms with Crippen molar-refractivity contribution in [1.82, 2.24) is 4.98 Å². The molecule has 0 bridgehead atoms. The first-order valence-corrected chi connectivity index (χ1v) is 11.5. The minimum Gasteiger partial charge on any atom is -0.493 e. The maximum absolute atomic E-state index is 13.1. The SMILES string of the molecule is COc1cc2nc(NC(=O)Cc3cccc(S(=O)c4ccc(F)cc4)c3)sc2cc1OC.O. The molecule has 0 saturated carbocycles. The van der Waals surface area contributed by atoms with Gasteiger partial charge in [-0.25, -0.2) is 13.6 Å². The number of halogens is 1. The second-order valence-corrected chi connectivity index (χ2v) is 9.30. The molecule has 1 unspecified atom stereocenters. The van der Waals surface area contributed by atoms with Crippen molar-refractivity contribution in [3.05, 3.63) is 72.0 Å². The lowest BCUT2D eigenvalue weighted by Gasteiger charge is -2.06. The molecule has 33 heavy (non-hydrogen) atoms. The number of nitrogens with one attached hydrogen (secondary N) is 1. The summed E-state index contributed by atoms with van der Waals surface area (Å²) in [5, 5.41) is 3.27. The molecule has 0 aliphatic carbocycles. The Morgan fingerprint density at radius 3 is 2.42 bits per heavy atom. The first-order valence-electron chi connectivity index (χ1n) is 9.55. The summed E-state index contributed by atoms with van der Waals surface area (Å²) < 4.78 is 37.3. The number of rotatable bonds is 7. The molecule has 1 atom stereocenters. The van der Waals surface area contributed by atoms with Gasteiger partial charge in [0.2, 0.25) is 5.91 Å². The number of hydrogen-bond acceptors (Lipinski definition) is 6. The Labute approximate surface area is 196 Å². The van der Waals surface area contributed by atoms with Gasteiger partial charge in [-0.1, -0.05) is 23.5 Å². The Morgan fingerprint density at radius 1 is 1.03 bits per heavy atom. The number of carbonyl (C=O) groups excluding carboxylic acids is 1. The van der Waals surface area contributed by atoms with E-state index in [1.807, 2.05) is 6.07 Å². The van der Waals surface area contributed by atoms with Crippen LogP contribution in [-0.2, 0) is 22.0 Å². The van der Waals surface area contributed by atoms with Gasteiger partial charge in [0.25, 0.3) is 0 Å². The summed E-state index contributed by atoms with van der Waals surface area (Å²) in [4.78, 5) is 18.1. The standard InChI is InChI=1S/C23H19FN2O4S2.H2O/c1-29-19-12-18-21(13-20(19)30-2)31-23(25-18)26-22(27)11-14-4-3-5-17(10-14)32(28)16-8-6-15(24)7-9-16;/h3-10,12-13H,11H2,1-2H3,(H,25,26,27);1H2. The summed E-state index contributed by atoms with van der Waals surface area (Å²) in [5.41, 5.74) is 1.40. The van der Waals surface area contributed by atoms with Crippen LogP contribution in [0.4, 0.5) is 9.52 Å². The second kappa shape index (κ2) is 10.5. The zero-order valence-electron chi connectivity index (χ0n) is 17.8. The predicted molar refractivity (Wildman–Crippen MR) is 126 cm³/mol. The molecule has 0 saturated heterocycles. The summed E-state index contributed by atoms with van der Waals surface area (Å²) in [6, 6.07) is 16.1. The van der Waals surface area contributed by atoms with Crippen molar-refractivity contribution >= 4 is 43.4 Å². The Kier molecular flexibility index (Phi) is 7.75. The second-order valence-electron chi connectivity index (χ2n) is 6.79. The van der Waals surface area contributed by atoms with Gasteiger partial charge in [0, 0.05) is 21.9 Å². The first-order chi connectivity index (χ1) is 15.5. The number of anilines is 1. The number of ether oxygens (including phenoxy) is 2. The maximum Gasteiger partial charge on any atom is 0.230 e. The fraction of sp³-hybridized carbons (Fsp3) is 0.130. The van der Waals surface area contributed by atoms with Crippen molar-refractivity contribution in [2.45, 2.75) is 16.2 Å². The molecule has 0 radical (unpaired) electrons. The zero-order chi connectivity index (χ0) is 22.7. The highest BCUT2D eigenvalue weighted by Gasteiger charge is 2.14. The lowest BCUT2D eigenvalue weighted by atomic mass is 10.1. The van der Waals surface area contributed by atoms with Crippen LogP contribution in [0.2, 0.25) is 0 Å². The van der Waals surface area contributed by atoms with Gasteiger partial charge >= 0.3 is 0 Å². The number of aromatic nitrogens is 1. The van der Waals surface area contributed by atoms with Gasteiger partial charge in [0.05, 0.1) is 41.7 Å². The molecule has 4 aromatic rings. The highest BCUT2D eigenvalue weighted by Crippen LogP contribution is 2.36. The highest BCUT2D eigenvalue weighted by molar-refractivity contribution is 7.85. The van der Waals surface area contributed by atoms with E-state index in [2.05, 4.69) is 10.3 Å². The van der Waals surface area contributed by atoms with Crippen molar-refractivity contribution in [2.75, 3.05) is 19.5 Å². The Morgan fingerprint density at radius 2 is 1.73 bits per heavy atom. The molecule has 0 aliphatic heterocycles. The molecular formula is C23H21FN2O5S2. The number of nitrogens with zero attached hydrogens (tertiary/aromatic N) is 1. The predicted octanol–water partition coefficient (Wildman–Crippen LogP) is 3.98. The topological polar surface area (TPSA) is 109 Å². The molecule has 0 spiro atoms. The third-order valence-electron chi connectivity index (χ3n) is 4.65. The monoisotopic (exact) mass is 488 g/mol. The third-order valence-corrected chi connectivity index (χ3v) is 6.96. The first kappa shape index (κ1) is 24.3. The van der Waals surface area contributed by atoms with E-state index in [1.165, 1.54) is 35.6 Å². The summed E-state index contributed by atoms with van der Waals surface area (Å²) in [7, 11) is 1.64. The normalized spacial score (nSPS) is 11.5. The minimum atomic E-state index is -1.47. The van der Waals surface area contributed by atoms with Crippen molar-refractivity contribution in [3.8, 4) is 11.5 Å². The number of benzene rings is 3. The summed E-state index contributed by atoms with van der Waals surface area (Å²) >= 11 is 1.33. The van der Waals surface area contributed by atoms with Gasteiger partial charge in [0.1, 0.15) is 5.82 Å². The number of carbonyl (C=O) groups is 1. The van der Waals surface area contributed by atoms with Crippen molar-refractivity contribution in [3.63, 3.8) is 0 Å². The number of methoxy groups -OCH3 is 2. The van der Waals surface area contributed by atoms with Crippen LogP contribution < -0.4 is 14.8 Å². The van der Waals surface area contributed by atoms with Gasteiger partial charge in [-0.05, 0) is 42.0 Å². The Bertz CT molecular complexity index is 1270. The highest BCUT2D eigenvalue weighted by atomic mass is 32.2. The Balaban J connectivity index is 0.00000306. The fourth-order valence-electron chi connectivity index (χ4n) is 3.12. The molecule has 1 heterocycles. The van der Waals surface area contributed by atoms with E-state index in [0.29, 0.717) is 37.5 Å². The van der Waals surface area contributed by atoms with E-state index >= 15 is 0 Å². The molecule has 7 nitrogen and oxygen atoms in total. The molecule has 0 fully saturated rings. The largest absolute Gasteiger partial charge is 0.493 e. The number of fused-ring (bicyclic) bond motifs is 1. The molecule has 0 aliphatic rings. The lowest BCUT2D eigenvalue weighted by molar-refractivity contribution is -0.115. The van der Waals surface area contributed by atoms with Gasteiger partial charge in [0.15, 0.2) is 16.6 Å². The Hall–Kier alpha value is -3.34. The molecule has 1 aromatic heterocycles. The quantitative estimate of drug-likeness (QED) is 0.423. The van der Waals surface area contributed by atoms with Crippen LogP contribution in [0.15, 0.2) is 70.5 Å². The molecular weight excluding hydrogens is 467 g/mol. The van der Waals surface area contributed by atoms with E-state index in [1.54, 1.807) is 44.6 Å². The third kappa shape index (κ3) is 5.54. The molecule has 1 amide bonds. The zero-order valence-corrected chi connectivity index (χ0v) is 19.4. The molecule has 10 heteroatoms. The smallest absolute Gasteiger partial charge is 0.230 e. The summed E-state index contributed by atoms with van der Waals surface area (Å²) in [5.74, 6) is 0.525. The van der Waals surface area contributed by atoms with Crippen LogP contribution in [0.5, 0.6) is 11.5 Å². The van der Waals surface area contributed by atoms with Crippen LogP contribution in [0, 0.1) is 5.82 Å². The molecule has 3 N–H and O–H groups in total. The minimum absolute atomic E-state index is 0. The van der Waals surface area contributed by atoms with Gasteiger partial charge in [-0.2, -0.15) is 0 Å². The summed E-state index contributed by atoms with van der Waals surface area (Å²) in [6.07, 6.45) is 0.0943. The van der Waals surface area contributed by atoms with Crippen LogP contribution in [0.25, 0.3) is 10.2 Å².